The van der Waals surface area contributed by atoms with E-state index in [1.165, 1.54) is 81.9 Å². The standard InChI is InChI=1S/C57H35N5O.C35H21N3O.C22H15BrN2/c1-3-12-36(13-4-1)49-34-50(60-57(59-49)37-14-5-2-6-15-37)40-16-11-17-41(30-40)61-51-20-9-7-18-43(51)45-31-38(22-25-53(45)61)39-23-26-54-46(32-39)44-19-8-10-21-52(44)62(54)42-24-27-55-47(33-42)48-35-58-29-28-56(48)63-55;1-3-7-30-24(5-1)26-17-21(9-12-31(26)37-30)22-10-13-33-27(18-22)25-6-2-4-8-32(25)38(33)23-11-14-34-28(19-23)29-20-36-16-15-35(29)39-34;23-19-13-7-12-18(14-19)21-15-20(16-8-3-1-4-9-16)24-22(25-21)17-10-5-2-6-11-17/h1-35H;1-20,37H;1-15H. The second kappa shape index (κ2) is 31.0. The molecule has 1 N–H and O–H groups in total. The maximum Gasteiger partial charge on any atom is 0.160 e. The zero-order valence-electron chi connectivity index (χ0n) is 68.1. The lowest BCUT2D eigenvalue weighted by Gasteiger charge is -2.12. The van der Waals surface area contributed by atoms with Gasteiger partial charge >= 0.3 is 0 Å². The minimum absolute atomic E-state index is 0.701. The molecule has 26 aromatic rings. The molecule has 0 aliphatic carbocycles. The molecule has 10 heterocycles. The molecule has 0 saturated carbocycles. The smallest absolute Gasteiger partial charge is 0.160 e. The molecule has 0 saturated heterocycles. The van der Waals surface area contributed by atoms with Gasteiger partial charge in [-0.25, -0.2) is 19.9 Å². The van der Waals surface area contributed by atoms with E-state index in [1.54, 1.807) is 12.4 Å². The normalized spacial score (nSPS) is 11.7. The van der Waals surface area contributed by atoms with E-state index in [2.05, 4.69) is 342 Å². The van der Waals surface area contributed by atoms with E-state index in [9.17, 15) is 0 Å². The summed E-state index contributed by atoms with van der Waals surface area (Å²) in [5, 5.41) is 14.0. The van der Waals surface area contributed by atoms with Gasteiger partial charge in [0.25, 0.3) is 0 Å². The maximum absolute atomic E-state index is 6.15. The highest BCUT2D eigenvalue weighted by atomic mass is 79.9. The van der Waals surface area contributed by atoms with Gasteiger partial charge in [0.1, 0.15) is 22.3 Å². The maximum atomic E-state index is 6.15. The van der Waals surface area contributed by atoms with Crippen LogP contribution in [0.15, 0.2) is 438 Å². The largest absolute Gasteiger partial charge is 0.456 e. The topological polar surface area (TPSA) is 134 Å². The lowest BCUT2D eigenvalue weighted by atomic mass is 10.0. The van der Waals surface area contributed by atoms with Crippen LogP contribution in [0.2, 0.25) is 0 Å². The second-order valence-electron chi connectivity index (χ2n) is 31.9. The Bertz CT molecular complexity index is 8700. The van der Waals surface area contributed by atoms with Gasteiger partial charge in [0.15, 0.2) is 11.6 Å². The van der Waals surface area contributed by atoms with Crippen LogP contribution in [0.25, 0.3) is 238 Å². The summed E-state index contributed by atoms with van der Waals surface area (Å²) in [6.45, 7) is 0. The molecule has 0 aliphatic heterocycles. The van der Waals surface area contributed by atoms with Crippen molar-refractivity contribution < 1.29 is 8.83 Å². The first-order valence-corrected chi connectivity index (χ1v) is 43.1. The van der Waals surface area contributed by atoms with Gasteiger partial charge in [-0.15, -0.1) is 0 Å². The number of aromatic amines is 1. The Morgan fingerprint density at radius 1 is 0.213 bits per heavy atom. The molecule has 0 bridgehead atoms. The summed E-state index contributed by atoms with van der Waals surface area (Å²) in [6, 6.07) is 140. The van der Waals surface area contributed by atoms with Crippen molar-refractivity contribution in [2.75, 3.05) is 0 Å². The SMILES string of the molecule is Brc1cccc(-c2cc(-c3ccccc3)nc(-c3ccccc3)n2)c1.c1ccc(-c2cc(-c3cccc(-n4c5ccccc5c5cc(-c6ccc7c(c6)c6ccccc6n7-c6ccc7oc8ccncc8c7c6)ccc54)c3)nc(-c3ccccc3)n2)cc1.c1ccc2c(c1)[nH]c1ccc(-c3ccc4c(c3)c3ccccc3n4-c3ccc4oc5ccncc5c4c3)cc12. The summed E-state index contributed by atoms with van der Waals surface area (Å²) in [4.78, 5) is 32.0. The van der Waals surface area contributed by atoms with Crippen molar-refractivity contribution in [3.05, 3.63) is 430 Å². The van der Waals surface area contributed by atoms with E-state index < -0.39 is 0 Å². The molecule has 0 spiro atoms. The molecule has 13 heteroatoms. The highest BCUT2D eigenvalue weighted by Crippen LogP contribution is 2.44. The van der Waals surface area contributed by atoms with Crippen molar-refractivity contribution in [3.63, 3.8) is 0 Å². The average Bonchev–Trinajstić information content (AvgIpc) is 1.58. The van der Waals surface area contributed by atoms with Crippen LogP contribution in [-0.4, -0.2) is 48.6 Å². The van der Waals surface area contributed by atoms with Gasteiger partial charge in [-0.05, 0) is 180 Å². The number of aromatic nitrogens is 10. The summed E-state index contributed by atoms with van der Waals surface area (Å²) in [6.07, 6.45) is 7.31. The number of hydrogen-bond donors (Lipinski definition) is 1. The number of fused-ring (bicyclic) bond motifs is 18. The van der Waals surface area contributed by atoms with Gasteiger partial charge < -0.3 is 27.5 Å². The lowest BCUT2D eigenvalue weighted by molar-refractivity contribution is 0.668. The summed E-state index contributed by atoms with van der Waals surface area (Å²) in [5.41, 5.74) is 30.5. The van der Waals surface area contributed by atoms with Gasteiger partial charge in [-0.1, -0.05) is 259 Å². The van der Waals surface area contributed by atoms with E-state index in [1.807, 2.05) is 116 Å². The molecule has 0 fully saturated rings. The molecule has 26 rings (SSSR count). The molecular formula is C114H71BrN10O2. The van der Waals surface area contributed by atoms with Crippen molar-refractivity contribution in [3.8, 4) is 107 Å². The molecule has 16 aromatic carbocycles. The van der Waals surface area contributed by atoms with Crippen LogP contribution in [0.5, 0.6) is 0 Å². The van der Waals surface area contributed by atoms with Crippen LogP contribution in [0, 0.1) is 0 Å². The Hall–Kier alpha value is -16.7. The molecule has 0 unspecified atom stereocenters. The third kappa shape index (κ3) is 13.3. The minimum atomic E-state index is 0.701. The number of nitrogens with zero attached hydrogens (tertiary/aromatic N) is 9. The molecule has 127 heavy (non-hydrogen) atoms. The van der Waals surface area contributed by atoms with Crippen molar-refractivity contribution >= 4 is 147 Å². The third-order valence-electron chi connectivity index (χ3n) is 24.4. The van der Waals surface area contributed by atoms with E-state index in [-0.39, 0.29) is 0 Å². The van der Waals surface area contributed by atoms with E-state index in [4.69, 9.17) is 28.8 Å². The molecule has 10 aromatic heterocycles. The molecule has 0 amide bonds. The quantitative estimate of drug-likeness (QED) is 0.135. The molecule has 0 aliphatic rings. The molecule has 0 radical (unpaired) electrons. The van der Waals surface area contributed by atoms with Gasteiger partial charge in [-0.3, -0.25) is 9.97 Å². The Kier molecular flexibility index (Phi) is 18.1. The Balaban J connectivity index is 0.000000119. The molecular weight excluding hydrogens is 1620 g/mol. The van der Waals surface area contributed by atoms with Crippen LogP contribution in [-0.2, 0) is 0 Å². The molecule has 12 nitrogen and oxygen atoms in total. The number of furan rings is 2. The molecule has 596 valence electrons. The average molecular weight is 1690 g/mol. The first kappa shape index (κ1) is 74.1. The zero-order chi connectivity index (χ0) is 84.0. The first-order valence-electron chi connectivity index (χ1n) is 42.3. The number of para-hydroxylation sites is 4. The fraction of sp³-hybridized carbons (Fsp3) is 0. The van der Waals surface area contributed by atoms with E-state index in [0.29, 0.717) is 5.82 Å². The van der Waals surface area contributed by atoms with Crippen LogP contribution in [0.4, 0.5) is 0 Å². The molecule has 0 atom stereocenters. The van der Waals surface area contributed by atoms with E-state index >= 15 is 0 Å². The van der Waals surface area contributed by atoms with Gasteiger partial charge in [0.2, 0.25) is 0 Å². The third-order valence-corrected chi connectivity index (χ3v) is 24.9. The predicted octanol–water partition coefficient (Wildman–Crippen LogP) is 30.3. The number of nitrogens with one attached hydrogen (secondary N) is 1. The Labute approximate surface area is 736 Å². The van der Waals surface area contributed by atoms with Crippen LogP contribution in [0.3, 0.4) is 0 Å². The number of benzene rings is 16. The van der Waals surface area contributed by atoms with Crippen LogP contribution in [0.1, 0.15) is 0 Å². The summed E-state index contributed by atoms with van der Waals surface area (Å²) in [5.74, 6) is 1.43. The number of halogens is 1. The number of pyridine rings is 2. The fourth-order valence-corrected chi connectivity index (χ4v) is 18.8. The number of rotatable bonds is 11. The monoisotopic (exact) mass is 1690 g/mol. The highest BCUT2D eigenvalue weighted by molar-refractivity contribution is 9.10. The van der Waals surface area contributed by atoms with Gasteiger partial charge in [-0.2, -0.15) is 0 Å². The van der Waals surface area contributed by atoms with Crippen molar-refractivity contribution in [2.45, 2.75) is 0 Å². The summed E-state index contributed by atoms with van der Waals surface area (Å²) < 4.78 is 20.3. The van der Waals surface area contributed by atoms with E-state index in [0.717, 1.165) is 155 Å². The van der Waals surface area contributed by atoms with Crippen LogP contribution < -0.4 is 0 Å². The van der Waals surface area contributed by atoms with Gasteiger partial charge in [0.05, 0.1) is 55.9 Å². The number of hydrogen-bond acceptors (Lipinski definition) is 8. The first-order chi connectivity index (χ1) is 62.8. The number of H-pyrrole nitrogens is 1. The minimum Gasteiger partial charge on any atom is -0.456 e. The van der Waals surface area contributed by atoms with Crippen molar-refractivity contribution in [1.82, 2.24) is 48.6 Å². The summed E-state index contributed by atoms with van der Waals surface area (Å²) >= 11 is 3.54. The zero-order valence-corrected chi connectivity index (χ0v) is 69.7. The van der Waals surface area contributed by atoms with Gasteiger partial charge in [0, 0.05) is 155 Å². The highest BCUT2D eigenvalue weighted by Gasteiger charge is 2.22. The Morgan fingerprint density at radius 3 is 1.02 bits per heavy atom. The predicted molar refractivity (Wildman–Crippen MR) is 524 cm³/mol. The van der Waals surface area contributed by atoms with Crippen LogP contribution >= 0.6 is 15.9 Å². The Morgan fingerprint density at radius 2 is 0.559 bits per heavy atom. The second-order valence-corrected chi connectivity index (χ2v) is 32.9. The lowest BCUT2D eigenvalue weighted by Crippen LogP contribution is -1.97. The fourth-order valence-electron chi connectivity index (χ4n) is 18.4. The van der Waals surface area contributed by atoms with Crippen molar-refractivity contribution in [1.29, 1.82) is 0 Å². The summed E-state index contributed by atoms with van der Waals surface area (Å²) in [7, 11) is 0. The van der Waals surface area contributed by atoms with Crippen molar-refractivity contribution in [2.24, 2.45) is 0 Å².